The van der Waals surface area contributed by atoms with E-state index in [4.69, 9.17) is 0 Å². The second-order valence-corrected chi connectivity index (χ2v) is 1.80. The third kappa shape index (κ3) is 7.44. The lowest BCUT2D eigenvalue weighted by Crippen LogP contribution is -2.01. The van der Waals surface area contributed by atoms with Gasteiger partial charge in [0, 0.05) is 0 Å². The van der Waals surface area contributed by atoms with Gasteiger partial charge in [-0.25, -0.2) is 0 Å². The molecular formula is C8H15N. The van der Waals surface area contributed by atoms with Crippen LogP contribution in [0, 0.1) is 0 Å². The maximum Gasteiger partial charge on any atom is -0.00804 e. The van der Waals surface area contributed by atoms with Crippen LogP contribution < -0.4 is 5.32 Å². The van der Waals surface area contributed by atoms with E-state index in [0.717, 1.165) is 13.0 Å². The monoisotopic (exact) mass is 125 g/mol. The minimum absolute atomic E-state index is 1.07. The van der Waals surface area contributed by atoms with Gasteiger partial charge in [0.25, 0.3) is 0 Å². The fourth-order valence-electron chi connectivity index (χ4n) is 0.393. The van der Waals surface area contributed by atoms with E-state index in [0.29, 0.717) is 0 Å². The Bertz CT molecular complexity index is 80.7. The lowest BCUT2D eigenvalue weighted by atomic mass is 10.5. The molecule has 0 fully saturated rings. The summed E-state index contributed by atoms with van der Waals surface area (Å²) in [6, 6.07) is 0. The molecule has 0 amide bonds. The Balaban J connectivity index is 0.000000148. The molecule has 1 nitrogen and oxygen atoms in total. The molecule has 0 saturated heterocycles. The van der Waals surface area contributed by atoms with Gasteiger partial charge in [-0.15, -0.1) is 0 Å². The summed E-state index contributed by atoms with van der Waals surface area (Å²) in [6.45, 7) is 3.14. The van der Waals surface area contributed by atoms with E-state index in [1.807, 2.05) is 7.05 Å². The molecule has 1 aliphatic rings. The zero-order valence-electron chi connectivity index (χ0n) is 6.22. The molecule has 52 valence electrons. The second-order valence-electron chi connectivity index (χ2n) is 1.80. The number of allylic oxidation sites excluding steroid dienone is 4. The fourth-order valence-corrected chi connectivity index (χ4v) is 0.393. The summed E-state index contributed by atoms with van der Waals surface area (Å²) < 4.78 is 0. The van der Waals surface area contributed by atoms with Crippen LogP contribution in [0.15, 0.2) is 24.3 Å². The van der Waals surface area contributed by atoms with Crippen LogP contribution in [0.3, 0.4) is 0 Å². The lowest BCUT2D eigenvalue weighted by Gasteiger charge is -1.76. The van der Waals surface area contributed by atoms with Crippen molar-refractivity contribution in [3.05, 3.63) is 24.3 Å². The average molecular weight is 125 g/mol. The van der Waals surface area contributed by atoms with Crippen LogP contribution in [0.2, 0.25) is 0 Å². The lowest BCUT2D eigenvalue weighted by molar-refractivity contribution is 0.864. The molecule has 1 heteroatoms. The number of hydrogen-bond donors (Lipinski definition) is 1. The Morgan fingerprint density at radius 1 is 1.33 bits per heavy atom. The van der Waals surface area contributed by atoms with E-state index in [-0.39, 0.29) is 0 Å². The molecule has 0 unspecified atom stereocenters. The third-order valence-corrected chi connectivity index (χ3v) is 1.01. The Labute approximate surface area is 57.5 Å². The molecule has 9 heavy (non-hydrogen) atoms. The normalized spacial score (nSPS) is 13.1. The van der Waals surface area contributed by atoms with Crippen molar-refractivity contribution in [1.29, 1.82) is 0 Å². The molecule has 1 aliphatic carbocycles. The first kappa shape index (κ1) is 8.44. The minimum atomic E-state index is 1.07. The molecule has 0 aromatic carbocycles. The zero-order chi connectivity index (χ0) is 6.95. The standard InChI is InChI=1S/C5H6.C3H9N/c1-2-4-5-3-1;1-3-4-2/h1-4H,5H2;4H,3H2,1-2H3. The summed E-state index contributed by atoms with van der Waals surface area (Å²) in [5, 5.41) is 2.93. The van der Waals surface area contributed by atoms with Gasteiger partial charge >= 0.3 is 0 Å². The maximum absolute atomic E-state index is 2.93. The van der Waals surface area contributed by atoms with Crippen molar-refractivity contribution in [2.45, 2.75) is 13.3 Å². The quantitative estimate of drug-likeness (QED) is 0.562. The molecule has 0 heterocycles. The van der Waals surface area contributed by atoms with Crippen molar-refractivity contribution in [2.24, 2.45) is 0 Å². The molecule has 1 rings (SSSR count). The Kier molecular flexibility index (Phi) is 6.98. The maximum atomic E-state index is 2.93. The highest BCUT2D eigenvalue weighted by Crippen LogP contribution is 1.93. The van der Waals surface area contributed by atoms with Crippen LogP contribution in [-0.4, -0.2) is 13.6 Å². The molecule has 0 bridgehead atoms. The van der Waals surface area contributed by atoms with E-state index in [2.05, 4.69) is 36.5 Å². The summed E-state index contributed by atoms with van der Waals surface area (Å²) >= 11 is 0. The number of rotatable bonds is 1. The molecule has 0 aromatic rings. The van der Waals surface area contributed by atoms with Gasteiger partial charge in [0.05, 0.1) is 0 Å². The summed E-state index contributed by atoms with van der Waals surface area (Å²) in [7, 11) is 1.93. The minimum Gasteiger partial charge on any atom is -0.320 e. The first-order valence-corrected chi connectivity index (χ1v) is 3.38. The van der Waals surface area contributed by atoms with Gasteiger partial charge in [-0.05, 0) is 20.0 Å². The van der Waals surface area contributed by atoms with Gasteiger partial charge in [0.15, 0.2) is 0 Å². The summed E-state index contributed by atoms with van der Waals surface area (Å²) in [6.07, 6.45) is 9.50. The van der Waals surface area contributed by atoms with Crippen LogP contribution in [0.5, 0.6) is 0 Å². The summed E-state index contributed by atoms with van der Waals surface area (Å²) in [4.78, 5) is 0. The van der Waals surface area contributed by atoms with Gasteiger partial charge in [-0.2, -0.15) is 0 Å². The average Bonchev–Trinajstić information content (AvgIpc) is 2.43. The molecule has 1 N–H and O–H groups in total. The van der Waals surface area contributed by atoms with Crippen LogP contribution in [0.1, 0.15) is 13.3 Å². The highest BCUT2D eigenvalue weighted by Gasteiger charge is 1.72. The zero-order valence-corrected chi connectivity index (χ0v) is 6.22. The van der Waals surface area contributed by atoms with Crippen LogP contribution in [-0.2, 0) is 0 Å². The van der Waals surface area contributed by atoms with Gasteiger partial charge in [-0.1, -0.05) is 31.2 Å². The first-order chi connectivity index (χ1) is 4.41. The van der Waals surface area contributed by atoms with Crippen molar-refractivity contribution < 1.29 is 0 Å². The Morgan fingerprint density at radius 3 is 1.89 bits per heavy atom. The van der Waals surface area contributed by atoms with E-state index >= 15 is 0 Å². The van der Waals surface area contributed by atoms with Crippen molar-refractivity contribution in [3.63, 3.8) is 0 Å². The predicted octanol–water partition coefficient (Wildman–Crippen LogP) is 1.73. The topological polar surface area (TPSA) is 12.0 Å². The first-order valence-electron chi connectivity index (χ1n) is 3.38. The van der Waals surface area contributed by atoms with Crippen molar-refractivity contribution >= 4 is 0 Å². The Hall–Kier alpha value is -0.560. The fraction of sp³-hybridized carbons (Fsp3) is 0.500. The third-order valence-electron chi connectivity index (χ3n) is 1.01. The molecule has 0 spiro atoms. The van der Waals surface area contributed by atoms with E-state index in [9.17, 15) is 0 Å². The highest BCUT2D eigenvalue weighted by molar-refractivity contribution is 5.11. The molecule has 0 aliphatic heterocycles. The van der Waals surface area contributed by atoms with Crippen LogP contribution in [0.4, 0.5) is 0 Å². The highest BCUT2D eigenvalue weighted by atomic mass is 14.8. The smallest absolute Gasteiger partial charge is 0.00804 e. The second kappa shape index (κ2) is 7.44. The van der Waals surface area contributed by atoms with Gasteiger partial charge in [0.1, 0.15) is 0 Å². The predicted molar refractivity (Wildman–Crippen MR) is 42.5 cm³/mol. The summed E-state index contributed by atoms with van der Waals surface area (Å²) in [5.41, 5.74) is 0. The van der Waals surface area contributed by atoms with Gasteiger partial charge < -0.3 is 5.32 Å². The molecule has 0 atom stereocenters. The number of nitrogens with one attached hydrogen (secondary N) is 1. The summed E-state index contributed by atoms with van der Waals surface area (Å²) in [5.74, 6) is 0. The van der Waals surface area contributed by atoms with Crippen LogP contribution >= 0.6 is 0 Å². The molecule has 0 saturated carbocycles. The Morgan fingerprint density at radius 2 is 1.78 bits per heavy atom. The molecular weight excluding hydrogens is 110 g/mol. The van der Waals surface area contributed by atoms with Crippen molar-refractivity contribution in [1.82, 2.24) is 5.32 Å². The molecule has 0 aromatic heterocycles. The molecule has 0 radical (unpaired) electrons. The van der Waals surface area contributed by atoms with Crippen molar-refractivity contribution in [3.8, 4) is 0 Å². The van der Waals surface area contributed by atoms with Gasteiger partial charge in [-0.3, -0.25) is 0 Å². The van der Waals surface area contributed by atoms with Crippen molar-refractivity contribution in [2.75, 3.05) is 13.6 Å². The van der Waals surface area contributed by atoms with E-state index in [1.165, 1.54) is 0 Å². The SMILES string of the molecule is C1=CCC=C1.CCNC. The number of hydrogen-bond acceptors (Lipinski definition) is 1. The van der Waals surface area contributed by atoms with Gasteiger partial charge in [0.2, 0.25) is 0 Å². The van der Waals surface area contributed by atoms with E-state index in [1.54, 1.807) is 0 Å². The van der Waals surface area contributed by atoms with Crippen LogP contribution in [0.25, 0.3) is 0 Å². The van der Waals surface area contributed by atoms with E-state index < -0.39 is 0 Å². The largest absolute Gasteiger partial charge is 0.320 e.